The maximum atomic E-state index is 13.6. The first-order valence-electron chi connectivity index (χ1n) is 8.07. The van der Waals surface area contributed by atoms with Crippen LogP contribution in [0.25, 0.3) is 0 Å². The molecule has 3 aromatic rings. The molecule has 3 rings (SSSR count). The second-order valence-corrected chi connectivity index (χ2v) is 7.63. The molecule has 0 atom stereocenters. The van der Waals surface area contributed by atoms with Gasteiger partial charge in [-0.2, -0.15) is 0 Å². The third-order valence-electron chi connectivity index (χ3n) is 3.97. The van der Waals surface area contributed by atoms with Crippen LogP contribution in [0.5, 0.6) is 5.75 Å². The van der Waals surface area contributed by atoms with Crippen LogP contribution in [0, 0.1) is 11.6 Å². The Labute approximate surface area is 156 Å². The molecule has 7 heteroatoms. The highest BCUT2D eigenvalue weighted by atomic mass is 32.2. The van der Waals surface area contributed by atoms with Crippen LogP contribution < -0.4 is 9.04 Å². The Morgan fingerprint density at radius 3 is 2.26 bits per heavy atom. The molecule has 0 N–H and O–H groups in total. The summed E-state index contributed by atoms with van der Waals surface area (Å²) >= 11 is 0. The lowest BCUT2D eigenvalue weighted by molar-refractivity contribution is 0.415. The Morgan fingerprint density at radius 1 is 0.889 bits per heavy atom. The van der Waals surface area contributed by atoms with Crippen LogP contribution in [-0.4, -0.2) is 15.5 Å². The third kappa shape index (κ3) is 4.09. The fourth-order valence-corrected chi connectivity index (χ4v) is 4.13. The van der Waals surface area contributed by atoms with Crippen molar-refractivity contribution in [3.05, 3.63) is 90.0 Å². The predicted octanol–water partition coefficient (Wildman–Crippen LogP) is 4.37. The number of anilines is 1. The van der Waals surface area contributed by atoms with Crippen molar-refractivity contribution in [1.82, 2.24) is 0 Å². The van der Waals surface area contributed by atoms with E-state index in [1.807, 2.05) is 0 Å². The van der Waals surface area contributed by atoms with Gasteiger partial charge in [0.15, 0.2) is 0 Å². The molecular weight excluding hydrogens is 372 g/mol. The number of hydrogen-bond acceptors (Lipinski definition) is 3. The summed E-state index contributed by atoms with van der Waals surface area (Å²) in [7, 11) is -2.62. The molecular formula is C20H17F2NO3S. The number of benzene rings is 3. The molecule has 27 heavy (non-hydrogen) atoms. The van der Waals surface area contributed by atoms with E-state index in [4.69, 9.17) is 4.74 Å². The monoisotopic (exact) mass is 389 g/mol. The molecule has 0 heterocycles. The van der Waals surface area contributed by atoms with Gasteiger partial charge in [-0.1, -0.05) is 24.3 Å². The Hall–Kier alpha value is -2.93. The number of nitrogens with zero attached hydrogens (tertiary/aromatic N) is 1. The Morgan fingerprint density at radius 2 is 1.59 bits per heavy atom. The summed E-state index contributed by atoms with van der Waals surface area (Å²) in [5.74, 6) is -0.658. The summed E-state index contributed by atoms with van der Waals surface area (Å²) in [4.78, 5) is -0.0776. The molecule has 0 saturated carbocycles. The van der Waals surface area contributed by atoms with Gasteiger partial charge in [0.05, 0.1) is 24.2 Å². The molecule has 140 valence electrons. The van der Waals surface area contributed by atoms with E-state index in [1.165, 1.54) is 37.4 Å². The van der Waals surface area contributed by atoms with Crippen molar-refractivity contribution < 1.29 is 21.9 Å². The number of hydrogen-bond donors (Lipinski definition) is 0. The largest absolute Gasteiger partial charge is 0.495 e. The van der Waals surface area contributed by atoms with Gasteiger partial charge in [-0.3, -0.25) is 4.31 Å². The average molecular weight is 389 g/mol. The maximum Gasteiger partial charge on any atom is 0.264 e. The molecule has 3 aromatic carbocycles. The molecule has 0 aliphatic carbocycles. The van der Waals surface area contributed by atoms with Gasteiger partial charge >= 0.3 is 0 Å². The Balaban J connectivity index is 2.13. The molecule has 0 aromatic heterocycles. The first-order valence-corrected chi connectivity index (χ1v) is 9.51. The summed E-state index contributed by atoms with van der Waals surface area (Å²) in [6.07, 6.45) is 0. The predicted molar refractivity (Wildman–Crippen MR) is 99.2 cm³/mol. The minimum atomic E-state index is -4.05. The van der Waals surface area contributed by atoms with Crippen molar-refractivity contribution in [3.8, 4) is 5.75 Å². The minimum absolute atomic E-state index is 0.0776. The number of ether oxygens (including phenoxy) is 1. The van der Waals surface area contributed by atoms with Crippen molar-refractivity contribution in [2.75, 3.05) is 11.4 Å². The number of rotatable bonds is 6. The van der Waals surface area contributed by atoms with Gasteiger partial charge in [0, 0.05) is 0 Å². The van der Waals surface area contributed by atoms with Crippen LogP contribution in [0.2, 0.25) is 0 Å². The van der Waals surface area contributed by atoms with Crippen molar-refractivity contribution >= 4 is 15.7 Å². The molecule has 0 aliphatic rings. The fourth-order valence-electron chi connectivity index (χ4n) is 2.67. The van der Waals surface area contributed by atoms with Gasteiger partial charge in [-0.25, -0.2) is 17.2 Å². The van der Waals surface area contributed by atoms with E-state index in [-0.39, 0.29) is 11.4 Å². The molecule has 4 nitrogen and oxygen atoms in total. The van der Waals surface area contributed by atoms with Crippen LogP contribution in [-0.2, 0) is 16.6 Å². The van der Waals surface area contributed by atoms with E-state index in [9.17, 15) is 17.2 Å². The summed E-state index contributed by atoms with van der Waals surface area (Å²) in [5, 5.41) is 0. The summed E-state index contributed by atoms with van der Waals surface area (Å²) in [6.45, 7) is -0.113. The first kappa shape index (κ1) is 18.8. The molecule has 0 spiro atoms. The summed E-state index contributed by atoms with van der Waals surface area (Å²) < 4.78 is 59.8. The number of sulfonamides is 1. The van der Waals surface area contributed by atoms with Crippen LogP contribution in [0.3, 0.4) is 0 Å². The third-order valence-corrected chi connectivity index (χ3v) is 5.74. The van der Waals surface area contributed by atoms with Gasteiger partial charge in [0.25, 0.3) is 10.0 Å². The van der Waals surface area contributed by atoms with Crippen LogP contribution in [0.1, 0.15) is 5.56 Å². The van der Waals surface area contributed by atoms with Gasteiger partial charge in [-0.05, 0) is 54.1 Å². The van der Waals surface area contributed by atoms with E-state index in [0.29, 0.717) is 17.0 Å². The molecule has 0 saturated heterocycles. The zero-order chi connectivity index (χ0) is 19.4. The average Bonchev–Trinajstić information content (AvgIpc) is 2.66. The molecule has 0 aliphatic heterocycles. The van der Waals surface area contributed by atoms with Gasteiger partial charge in [-0.15, -0.1) is 0 Å². The molecule has 0 unspecified atom stereocenters. The highest BCUT2D eigenvalue weighted by Crippen LogP contribution is 2.33. The molecule has 0 amide bonds. The standard InChI is InChI=1S/C20H17F2NO3S/c1-26-20-8-3-2-7-19(20)23(14-15-5-4-6-17(22)13-15)27(24,25)18-11-9-16(21)10-12-18/h2-13H,14H2,1H3. The minimum Gasteiger partial charge on any atom is -0.495 e. The Kier molecular flexibility index (Phi) is 5.41. The van der Waals surface area contributed by atoms with Crippen molar-refractivity contribution in [2.24, 2.45) is 0 Å². The zero-order valence-corrected chi connectivity index (χ0v) is 15.3. The fraction of sp³-hybridized carbons (Fsp3) is 0.100. The summed E-state index contributed by atoms with van der Waals surface area (Å²) in [5.41, 5.74) is 0.764. The van der Waals surface area contributed by atoms with Crippen molar-refractivity contribution in [3.63, 3.8) is 0 Å². The van der Waals surface area contributed by atoms with Gasteiger partial charge in [0.1, 0.15) is 17.4 Å². The smallest absolute Gasteiger partial charge is 0.264 e. The quantitative estimate of drug-likeness (QED) is 0.629. The van der Waals surface area contributed by atoms with Gasteiger partial charge < -0.3 is 4.74 Å². The number of halogens is 2. The van der Waals surface area contributed by atoms with E-state index in [2.05, 4.69) is 0 Å². The maximum absolute atomic E-state index is 13.6. The second-order valence-electron chi connectivity index (χ2n) is 5.77. The molecule has 0 radical (unpaired) electrons. The molecule has 0 bridgehead atoms. The van der Waals surface area contributed by atoms with E-state index < -0.39 is 21.7 Å². The van der Waals surface area contributed by atoms with Crippen LogP contribution in [0.15, 0.2) is 77.7 Å². The zero-order valence-electron chi connectivity index (χ0n) is 14.5. The van der Waals surface area contributed by atoms with Crippen LogP contribution >= 0.6 is 0 Å². The lowest BCUT2D eigenvalue weighted by atomic mass is 10.2. The van der Waals surface area contributed by atoms with E-state index in [1.54, 1.807) is 30.3 Å². The number of para-hydroxylation sites is 2. The molecule has 0 fully saturated rings. The van der Waals surface area contributed by atoms with Crippen LogP contribution in [0.4, 0.5) is 14.5 Å². The first-order chi connectivity index (χ1) is 12.9. The van der Waals surface area contributed by atoms with Crippen molar-refractivity contribution in [1.29, 1.82) is 0 Å². The van der Waals surface area contributed by atoms with E-state index >= 15 is 0 Å². The van der Waals surface area contributed by atoms with Gasteiger partial charge in [0.2, 0.25) is 0 Å². The lowest BCUT2D eigenvalue weighted by Gasteiger charge is -2.26. The number of methoxy groups -OCH3 is 1. The van der Waals surface area contributed by atoms with Crippen molar-refractivity contribution in [2.45, 2.75) is 11.4 Å². The Bertz CT molecular complexity index is 1040. The topological polar surface area (TPSA) is 46.6 Å². The lowest BCUT2D eigenvalue weighted by Crippen LogP contribution is -2.31. The second kappa shape index (κ2) is 7.75. The van der Waals surface area contributed by atoms with E-state index in [0.717, 1.165) is 16.4 Å². The highest BCUT2D eigenvalue weighted by Gasteiger charge is 2.27. The normalized spacial score (nSPS) is 11.2. The SMILES string of the molecule is COc1ccccc1N(Cc1cccc(F)c1)S(=O)(=O)c1ccc(F)cc1. The highest BCUT2D eigenvalue weighted by molar-refractivity contribution is 7.92. The summed E-state index contributed by atoms with van der Waals surface area (Å²) in [6, 6.07) is 16.9.